The minimum absolute atomic E-state index is 0.0579. The van der Waals surface area contributed by atoms with Gasteiger partial charge in [-0.15, -0.1) is 0 Å². The van der Waals surface area contributed by atoms with E-state index in [-0.39, 0.29) is 25.7 Å². The largest absolute Gasteiger partial charge is 0.472 e. The number of esters is 4. The zero-order valence-electron chi connectivity index (χ0n) is 60.0. The van der Waals surface area contributed by atoms with Gasteiger partial charge in [0.2, 0.25) is 0 Å². The highest BCUT2D eigenvalue weighted by Crippen LogP contribution is 2.45. The van der Waals surface area contributed by atoms with E-state index in [1.807, 2.05) is 18.2 Å². The summed E-state index contributed by atoms with van der Waals surface area (Å²) in [6.07, 6.45) is 72.6. The fourth-order valence-electron chi connectivity index (χ4n) is 9.60. The van der Waals surface area contributed by atoms with Crippen molar-refractivity contribution in [2.75, 3.05) is 39.6 Å². The number of rotatable bonds is 69. The first-order valence-corrected chi connectivity index (χ1v) is 40.1. The van der Waals surface area contributed by atoms with E-state index in [4.69, 9.17) is 37.0 Å². The molecule has 0 aromatic rings. The average molecular weight is 1390 g/mol. The third-order valence-corrected chi connectivity index (χ3v) is 17.1. The molecule has 0 spiro atoms. The molecule has 0 radical (unpaired) electrons. The number of allylic oxidation sites excluding steroid dienone is 17. The maximum Gasteiger partial charge on any atom is 0.472 e. The van der Waals surface area contributed by atoms with Crippen molar-refractivity contribution in [1.29, 1.82) is 0 Å². The third kappa shape index (κ3) is 68.3. The molecule has 0 saturated carbocycles. The molecule has 96 heavy (non-hydrogen) atoms. The van der Waals surface area contributed by atoms with E-state index in [0.29, 0.717) is 25.7 Å². The minimum Gasteiger partial charge on any atom is -0.462 e. The van der Waals surface area contributed by atoms with Crippen molar-refractivity contribution in [3.05, 3.63) is 109 Å². The maximum absolute atomic E-state index is 13.1. The van der Waals surface area contributed by atoms with Gasteiger partial charge >= 0.3 is 39.5 Å². The average Bonchev–Trinajstić information content (AvgIpc) is 1.14. The van der Waals surface area contributed by atoms with Gasteiger partial charge < -0.3 is 33.8 Å². The number of ether oxygens (including phenoxy) is 4. The van der Waals surface area contributed by atoms with Crippen LogP contribution in [0.15, 0.2) is 109 Å². The zero-order chi connectivity index (χ0) is 70.4. The number of aliphatic hydroxyl groups excluding tert-OH is 1. The highest BCUT2D eigenvalue weighted by molar-refractivity contribution is 7.47. The van der Waals surface area contributed by atoms with Gasteiger partial charge in [-0.25, -0.2) is 9.13 Å². The van der Waals surface area contributed by atoms with E-state index in [0.717, 1.165) is 148 Å². The highest BCUT2D eigenvalue weighted by Gasteiger charge is 2.30. The van der Waals surface area contributed by atoms with Crippen LogP contribution < -0.4 is 0 Å². The number of carbonyl (C=O) groups is 4. The summed E-state index contributed by atoms with van der Waals surface area (Å²) >= 11 is 0. The molecular formula is C77H132O17P2. The Hall–Kier alpha value is -4.28. The van der Waals surface area contributed by atoms with Gasteiger partial charge in [0, 0.05) is 19.3 Å². The first kappa shape index (κ1) is 91.7. The lowest BCUT2D eigenvalue weighted by Crippen LogP contribution is -2.30. The Morgan fingerprint density at radius 2 is 0.604 bits per heavy atom. The van der Waals surface area contributed by atoms with Crippen LogP contribution in [0.3, 0.4) is 0 Å². The van der Waals surface area contributed by atoms with Crippen LogP contribution in [-0.4, -0.2) is 96.7 Å². The van der Waals surface area contributed by atoms with Gasteiger partial charge in [0.25, 0.3) is 0 Å². The van der Waals surface area contributed by atoms with Crippen LogP contribution in [0.4, 0.5) is 0 Å². The summed E-state index contributed by atoms with van der Waals surface area (Å²) in [6, 6.07) is 0. The number of unbranched alkanes of at least 4 members (excludes halogenated alkanes) is 26. The second-order valence-corrected chi connectivity index (χ2v) is 27.4. The highest BCUT2D eigenvalue weighted by atomic mass is 31.2. The lowest BCUT2D eigenvalue weighted by Gasteiger charge is -2.21. The molecule has 5 atom stereocenters. The van der Waals surface area contributed by atoms with Gasteiger partial charge in [0.05, 0.1) is 32.8 Å². The molecule has 0 heterocycles. The van der Waals surface area contributed by atoms with Gasteiger partial charge in [0.1, 0.15) is 19.3 Å². The number of phosphoric ester groups is 2. The van der Waals surface area contributed by atoms with E-state index in [9.17, 15) is 43.2 Å². The monoisotopic (exact) mass is 1390 g/mol. The smallest absolute Gasteiger partial charge is 0.462 e. The Labute approximate surface area is 581 Å². The van der Waals surface area contributed by atoms with Crippen LogP contribution in [0, 0.1) is 0 Å². The van der Waals surface area contributed by atoms with Crippen molar-refractivity contribution in [2.45, 2.75) is 316 Å². The van der Waals surface area contributed by atoms with Crippen molar-refractivity contribution >= 4 is 39.5 Å². The summed E-state index contributed by atoms with van der Waals surface area (Å²) in [6.45, 7) is 4.52. The summed E-state index contributed by atoms with van der Waals surface area (Å²) in [5, 5.41) is 10.6. The summed E-state index contributed by atoms with van der Waals surface area (Å²) in [5.41, 5.74) is 0. The van der Waals surface area contributed by atoms with Gasteiger partial charge in [-0.3, -0.25) is 37.3 Å². The maximum atomic E-state index is 13.1. The normalized spacial score (nSPS) is 14.6. The Morgan fingerprint density at radius 3 is 0.990 bits per heavy atom. The van der Waals surface area contributed by atoms with Crippen LogP contribution in [0.25, 0.3) is 0 Å². The van der Waals surface area contributed by atoms with Crippen molar-refractivity contribution < 1.29 is 80.2 Å². The predicted molar refractivity (Wildman–Crippen MR) is 390 cm³/mol. The fourth-order valence-corrected chi connectivity index (χ4v) is 11.2. The second-order valence-electron chi connectivity index (χ2n) is 24.5. The van der Waals surface area contributed by atoms with E-state index in [2.05, 4.69) is 113 Å². The molecule has 0 aliphatic heterocycles. The number of aliphatic hydroxyl groups is 1. The number of hydrogen-bond acceptors (Lipinski definition) is 15. The number of hydrogen-bond donors (Lipinski definition) is 3. The molecule has 17 nitrogen and oxygen atoms in total. The van der Waals surface area contributed by atoms with Crippen molar-refractivity contribution in [3.63, 3.8) is 0 Å². The molecule has 0 amide bonds. The van der Waals surface area contributed by atoms with E-state index < -0.39 is 97.5 Å². The fraction of sp³-hybridized carbons (Fsp3) is 0.714. The molecule has 0 aromatic carbocycles. The third-order valence-electron chi connectivity index (χ3n) is 15.2. The number of carbonyl (C=O) groups excluding carboxylic acids is 4. The van der Waals surface area contributed by atoms with Crippen molar-refractivity contribution in [3.8, 4) is 0 Å². The van der Waals surface area contributed by atoms with Crippen LogP contribution in [0.1, 0.15) is 297 Å². The second kappa shape index (κ2) is 69.2. The summed E-state index contributed by atoms with van der Waals surface area (Å²) in [4.78, 5) is 72.7. The van der Waals surface area contributed by atoms with Gasteiger partial charge in [-0.2, -0.15) is 0 Å². The lowest BCUT2D eigenvalue weighted by molar-refractivity contribution is -0.161. The molecule has 0 aliphatic rings. The summed E-state index contributed by atoms with van der Waals surface area (Å²) < 4.78 is 68.2. The Morgan fingerprint density at radius 1 is 0.312 bits per heavy atom. The first-order valence-electron chi connectivity index (χ1n) is 37.1. The van der Waals surface area contributed by atoms with E-state index in [1.165, 1.54) is 70.6 Å². The van der Waals surface area contributed by atoms with Crippen LogP contribution >= 0.6 is 15.6 Å². The summed E-state index contributed by atoms with van der Waals surface area (Å²) in [7, 11) is -9.97. The molecule has 0 saturated heterocycles. The molecule has 0 aliphatic carbocycles. The van der Waals surface area contributed by atoms with Gasteiger partial charge in [-0.05, 0) is 109 Å². The molecule has 3 N–H and O–H groups in total. The molecule has 0 aromatic heterocycles. The van der Waals surface area contributed by atoms with Gasteiger partial charge in [0.15, 0.2) is 12.2 Å². The molecule has 5 unspecified atom stereocenters. The molecule has 19 heteroatoms. The standard InChI is InChI=1S/C77H132O17P2/c1-5-9-13-17-21-25-29-33-35-39-41-45-49-53-57-61-74(79)87-67-72(93-76(81)63-59-55-51-47-43-37-31-27-23-19-15-11-7-3)69-91-95(83,84)89-65-71(78)66-90-96(85,86)92-70-73(94-77(82)64-60-56-52-48-44-38-32-28-24-20-16-12-8-4)68-88-75(80)62-58-54-50-46-42-40-36-34-30-26-22-18-14-10-6-2/h9,13,15,19,21-22,25-27,31,33-36,41,45,53,57,71-73,78H,5-8,10-12,14,16-18,20,23-24,28-30,32,37-40,42-44,46-52,54-56,58-70H2,1-4H3,(H,83,84)(H,85,86)/b13-9-,19-15-,25-21-,26-22-,31-27-,35-33-,36-34-,45-41-,57-53-. The van der Waals surface area contributed by atoms with Crippen molar-refractivity contribution in [1.82, 2.24) is 0 Å². The Bertz CT molecular complexity index is 2250. The Kier molecular flexibility index (Phi) is 66.1. The number of phosphoric acid groups is 2. The lowest BCUT2D eigenvalue weighted by atomic mass is 10.0. The first-order chi connectivity index (χ1) is 46.7. The van der Waals surface area contributed by atoms with E-state index in [1.54, 1.807) is 6.08 Å². The Balaban J connectivity index is 5.41. The molecular weight excluding hydrogens is 1260 g/mol. The van der Waals surface area contributed by atoms with E-state index >= 15 is 0 Å². The summed E-state index contributed by atoms with van der Waals surface area (Å²) in [5.74, 6) is -2.35. The predicted octanol–water partition coefficient (Wildman–Crippen LogP) is 21.0. The zero-order valence-corrected chi connectivity index (χ0v) is 61.8. The van der Waals surface area contributed by atoms with Crippen LogP contribution in [-0.2, 0) is 65.4 Å². The molecule has 552 valence electrons. The minimum atomic E-state index is -4.99. The van der Waals surface area contributed by atoms with Crippen LogP contribution in [0.2, 0.25) is 0 Å². The molecule has 0 fully saturated rings. The quantitative estimate of drug-likeness (QED) is 0.0169. The van der Waals surface area contributed by atoms with Crippen molar-refractivity contribution in [2.24, 2.45) is 0 Å². The molecule has 0 rings (SSSR count). The van der Waals surface area contributed by atoms with Gasteiger partial charge in [-0.1, -0.05) is 272 Å². The molecule has 0 bridgehead atoms. The SMILES string of the molecule is CC/C=C\C/C=C\C/C=C\C/C=C\C/C=C\CC(=O)OCC(COP(=O)(O)OCC(O)COP(=O)(O)OCC(COC(=O)CCCCCCC/C=C\C/C=C\CCCCC)OC(=O)CCCCCCCCCCCCCCC)OC(=O)CCCCCCC/C=C\C/C=C\CCC. The topological polar surface area (TPSA) is 237 Å². The van der Waals surface area contributed by atoms with Crippen LogP contribution in [0.5, 0.6) is 0 Å².